The van der Waals surface area contributed by atoms with E-state index < -0.39 is 0 Å². The molecule has 0 aliphatic heterocycles. The van der Waals surface area contributed by atoms with E-state index in [2.05, 4.69) is 140 Å². The molecule has 60 heavy (non-hydrogen) atoms. The third-order valence-electron chi connectivity index (χ3n) is 13.6. The van der Waals surface area contributed by atoms with Gasteiger partial charge >= 0.3 is 0 Å². The van der Waals surface area contributed by atoms with Gasteiger partial charge in [-0.2, -0.15) is 5.26 Å². The molecular formula is C56H44N4. The molecule has 4 heteroatoms. The summed E-state index contributed by atoms with van der Waals surface area (Å²) in [4.78, 5) is 15.8. The Morgan fingerprint density at radius 1 is 0.383 bits per heavy atom. The van der Waals surface area contributed by atoms with Crippen LogP contribution in [-0.4, -0.2) is 15.0 Å². The lowest BCUT2D eigenvalue weighted by molar-refractivity contribution is -0.00518. The molecule has 0 amide bonds. The summed E-state index contributed by atoms with van der Waals surface area (Å²) in [5.41, 5.74) is 13.8. The molecule has 4 saturated carbocycles. The number of nitriles is 1. The molecule has 0 radical (unpaired) electrons. The Kier molecular flexibility index (Phi) is 9.04. The summed E-state index contributed by atoms with van der Waals surface area (Å²) in [5.74, 6) is 4.50. The number of hydrogen-bond donors (Lipinski definition) is 0. The first-order chi connectivity index (χ1) is 29.6. The van der Waals surface area contributed by atoms with Crippen LogP contribution in [0.25, 0.3) is 78.7 Å². The molecule has 0 atom stereocenters. The Morgan fingerprint density at radius 2 is 0.833 bits per heavy atom. The number of rotatable bonds is 8. The summed E-state index contributed by atoms with van der Waals surface area (Å²) in [7, 11) is 0. The normalized spacial score (nSPS) is 20.1. The predicted octanol–water partition coefficient (Wildman–Crippen LogP) is 13.9. The van der Waals surface area contributed by atoms with Crippen molar-refractivity contribution in [3.63, 3.8) is 0 Å². The van der Waals surface area contributed by atoms with Gasteiger partial charge in [0.05, 0.1) is 11.6 Å². The molecule has 0 spiro atoms. The molecule has 8 aromatic rings. The van der Waals surface area contributed by atoms with E-state index in [1.165, 1.54) is 44.1 Å². The molecule has 0 N–H and O–H groups in total. The second-order valence-electron chi connectivity index (χ2n) is 17.4. The van der Waals surface area contributed by atoms with Crippen LogP contribution in [0.4, 0.5) is 0 Å². The van der Waals surface area contributed by atoms with Gasteiger partial charge in [0.1, 0.15) is 0 Å². The van der Waals surface area contributed by atoms with Crippen molar-refractivity contribution in [3.05, 3.63) is 187 Å². The van der Waals surface area contributed by atoms with Gasteiger partial charge in [-0.25, -0.2) is 15.0 Å². The smallest absolute Gasteiger partial charge is 0.164 e. The maximum absolute atomic E-state index is 9.98. The third kappa shape index (κ3) is 6.61. The Morgan fingerprint density at radius 3 is 1.38 bits per heavy atom. The molecule has 4 bridgehead atoms. The molecule has 0 unspecified atom stereocenters. The fourth-order valence-electron chi connectivity index (χ4n) is 11.2. The van der Waals surface area contributed by atoms with E-state index in [0.29, 0.717) is 28.5 Å². The molecule has 4 nitrogen and oxygen atoms in total. The van der Waals surface area contributed by atoms with Crippen molar-refractivity contribution in [1.82, 2.24) is 15.0 Å². The zero-order chi connectivity index (χ0) is 40.0. The van der Waals surface area contributed by atoms with Crippen molar-refractivity contribution >= 4 is 0 Å². The van der Waals surface area contributed by atoms with Crippen LogP contribution in [0.5, 0.6) is 0 Å². The van der Waals surface area contributed by atoms with Gasteiger partial charge in [-0.05, 0) is 130 Å². The van der Waals surface area contributed by atoms with Crippen molar-refractivity contribution in [2.24, 2.45) is 17.8 Å². The zero-order valence-corrected chi connectivity index (χ0v) is 33.5. The van der Waals surface area contributed by atoms with Gasteiger partial charge in [0.2, 0.25) is 0 Å². The summed E-state index contributed by atoms with van der Waals surface area (Å²) in [6, 6.07) is 63.9. The van der Waals surface area contributed by atoms with Crippen molar-refractivity contribution in [2.45, 2.75) is 43.9 Å². The van der Waals surface area contributed by atoms with Crippen molar-refractivity contribution < 1.29 is 0 Å². The van der Waals surface area contributed by atoms with E-state index in [0.717, 1.165) is 79.0 Å². The molecule has 4 fully saturated rings. The first-order valence-electron chi connectivity index (χ1n) is 21.4. The average Bonchev–Trinajstić information content (AvgIpc) is 3.31. The van der Waals surface area contributed by atoms with Crippen LogP contribution in [0, 0.1) is 29.1 Å². The first-order valence-corrected chi connectivity index (χ1v) is 21.4. The van der Waals surface area contributed by atoms with Crippen LogP contribution in [-0.2, 0) is 5.41 Å². The fourth-order valence-corrected chi connectivity index (χ4v) is 11.2. The van der Waals surface area contributed by atoms with E-state index in [9.17, 15) is 5.26 Å². The molecule has 1 aromatic heterocycles. The fraction of sp³-hybridized carbons (Fsp3) is 0.179. The van der Waals surface area contributed by atoms with Crippen LogP contribution < -0.4 is 0 Å². The highest BCUT2D eigenvalue weighted by Gasteiger charge is 2.51. The van der Waals surface area contributed by atoms with Gasteiger partial charge < -0.3 is 0 Å². The summed E-state index contributed by atoms with van der Waals surface area (Å²) >= 11 is 0. The van der Waals surface area contributed by atoms with Gasteiger partial charge in [0.25, 0.3) is 0 Å². The predicted molar refractivity (Wildman–Crippen MR) is 242 cm³/mol. The van der Waals surface area contributed by atoms with E-state index in [1.54, 1.807) is 0 Å². The molecule has 12 rings (SSSR count). The molecule has 7 aromatic carbocycles. The lowest BCUT2D eigenvalue weighted by Crippen LogP contribution is -2.48. The molecule has 4 aliphatic carbocycles. The average molecular weight is 773 g/mol. The van der Waals surface area contributed by atoms with E-state index >= 15 is 0 Å². The lowest BCUT2D eigenvalue weighted by Gasteiger charge is -2.57. The number of nitrogens with zero attached hydrogens (tertiary/aromatic N) is 4. The SMILES string of the molecule is N#Cc1cccc(-c2cc(-c3nc(-c4ccccc4-c4ccccc4)nc(-c4ccccc4-c4ccccc4)n3)ccc2-c2ccc(C34CC5CC(CC(C5)C3)C4)cc2)c1. The summed E-state index contributed by atoms with van der Waals surface area (Å²) in [6.45, 7) is 0. The summed E-state index contributed by atoms with van der Waals surface area (Å²) < 4.78 is 0. The Bertz CT molecular complexity index is 2770. The van der Waals surface area contributed by atoms with Crippen molar-refractivity contribution in [3.8, 4) is 84.7 Å². The van der Waals surface area contributed by atoms with Crippen LogP contribution in [0.1, 0.15) is 49.7 Å². The van der Waals surface area contributed by atoms with Crippen LogP contribution in [0.3, 0.4) is 0 Å². The van der Waals surface area contributed by atoms with Gasteiger partial charge in [0.15, 0.2) is 17.5 Å². The maximum atomic E-state index is 9.98. The molecule has 0 saturated heterocycles. The Labute approximate surface area is 352 Å². The van der Waals surface area contributed by atoms with Crippen LogP contribution in [0.2, 0.25) is 0 Å². The minimum absolute atomic E-state index is 0.341. The summed E-state index contributed by atoms with van der Waals surface area (Å²) in [6.07, 6.45) is 8.37. The molecule has 288 valence electrons. The topological polar surface area (TPSA) is 62.5 Å². The van der Waals surface area contributed by atoms with E-state index in [1.807, 2.05) is 42.5 Å². The van der Waals surface area contributed by atoms with E-state index in [-0.39, 0.29) is 0 Å². The quantitative estimate of drug-likeness (QED) is 0.154. The molecule has 4 aliphatic rings. The zero-order valence-electron chi connectivity index (χ0n) is 33.5. The highest BCUT2D eigenvalue weighted by molar-refractivity contribution is 5.88. The molecular weight excluding hydrogens is 729 g/mol. The Balaban J connectivity index is 1.07. The largest absolute Gasteiger partial charge is 0.208 e. The number of hydrogen-bond acceptors (Lipinski definition) is 4. The number of benzene rings is 7. The third-order valence-corrected chi connectivity index (χ3v) is 13.6. The van der Waals surface area contributed by atoms with Crippen LogP contribution >= 0.6 is 0 Å². The second kappa shape index (κ2) is 15.0. The van der Waals surface area contributed by atoms with Crippen molar-refractivity contribution in [2.75, 3.05) is 0 Å². The highest BCUT2D eigenvalue weighted by Crippen LogP contribution is 2.61. The van der Waals surface area contributed by atoms with Gasteiger partial charge in [0, 0.05) is 16.7 Å². The summed E-state index contributed by atoms with van der Waals surface area (Å²) in [5, 5.41) is 9.98. The Hall–Kier alpha value is -6.96. The van der Waals surface area contributed by atoms with E-state index in [4.69, 9.17) is 15.0 Å². The minimum Gasteiger partial charge on any atom is -0.208 e. The highest BCUT2D eigenvalue weighted by atomic mass is 15.0. The first kappa shape index (κ1) is 36.1. The van der Waals surface area contributed by atoms with Gasteiger partial charge in [-0.1, -0.05) is 158 Å². The van der Waals surface area contributed by atoms with Gasteiger partial charge in [-0.3, -0.25) is 0 Å². The van der Waals surface area contributed by atoms with Gasteiger partial charge in [-0.15, -0.1) is 0 Å². The monoisotopic (exact) mass is 772 g/mol. The maximum Gasteiger partial charge on any atom is 0.164 e. The molecule has 1 heterocycles. The minimum atomic E-state index is 0.341. The van der Waals surface area contributed by atoms with Crippen LogP contribution in [0.15, 0.2) is 176 Å². The van der Waals surface area contributed by atoms with Crippen molar-refractivity contribution in [1.29, 1.82) is 5.26 Å². The number of aromatic nitrogens is 3. The second-order valence-corrected chi connectivity index (χ2v) is 17.4. The standard InChI is InChI=1S/C56H44N4/c57-36-37-12-11-17-44(31-37)52-32-45(24-27-49(52)43-22-25-46(26-23-43)56-33-38-28-39(34-56)30-40(29-38)35-56)53-58-54(50-20-9-7-18-47(50)41-13-3-1-4-14-41)60-55(59-53)51-21-10-8-19-48(51)42-15-5-2-6-16-42/h1-27,31-32,38-40H,28-30,33-35H2. The lowest BCUT2D eigenvalue weighted by atomic mass is 9.48.